The quantitative estimate of drug-likeness (QED) is 0.717. The van der Waals surface area contributed by atoms with Gasteiger partial charge in [-0.25, -0.2) is 0 Å². The SMILES string of the molecule is CC(C)N1CCC(NCCCCC(C)(C)C)C1. The van der Waals surface area contributed by atoms with Crippen LogP contribution in [-0.2, 0) is 0 Å². The van der Waals surface area contributed by atoms with Crippen molar-refractivity contribution in [2.24, 2.45) is 5.41 Å². The monoisotopic (exact) mass is 240 g/mol. The summed E-state index contributed by atoms with van der Waals surface area (Å²) in [5.41, 5.74) is 0.502. The highest BCUT2D eigenvalue weighted by Gasteiger charge is 2.23. The minimum Gasteiger partial charge on any atom is -0.313 e. The molecule has 1 fully saturated rings. The van der Waals surface area contributed by atoms with Gasteiger partial charge in [-0.15, -0.1) is 0 Å². The Balaban J connectivity index is 2.01. The van der Waals surface area contributed by atoms with Crippen LogP contribution in [0.1, 0.15) is 60.3 Å². The van der Waals surface area contributed by atoms with Crippen LogP contribution < -0.4 is 5.32 Å². The summed E-state index contributed by atoms with van der Waals surface area (Å²) in [5, 5.41) is 3.71. The van der Waals surface area contributed by atoms with Gasteiger partial charge in [0.2, 0.25) is 0 Å². The Hall–Kier alpha value is -0.0800. The molecule has 1 aliphatic rings. The molecular formula is C15H32N2. The highest BCUT2D eigenvalue weighted by atomic mass is 15.2. The Morgan fingerprint density at radius 1 is 1.24 bits per heavy atom. The fraction of sp³-hybridized carbons (Fsp3) is 1.00. The van der Waals surface area contributed by atoms with Crippen LogP contribution in [0.25, 0.3) is 0 Å². The summed E-state index contributed by atoms with van der Waals surface area (Å²) >= 11 is 0. The maximum atomic E-state index is 3.71. The number of nitrogens with one attached hydrogen (secondary N) is 1. The number of likely N-dealkylation sites (tertiary alicyclic amines) is 1. The standard InChI is InChI=1S/C15H32N2/c1-13(2)17-11-8-14(12-17)16-10-7-6-9-15(3,4)5/h13-14,16H,6-12H2,1-5H3. The lowest BCUT2D eigenvalue weighted by molar-refractivity contribution is 0.268. The largest absolute Gasteiger partial charge is 0.313 e. The van der Waals surface area contributed by atoms with E-state index in [9.17, 15) is 0 Å². The van der Waals surface area contributed by atoms with Crippen LogP contribution in [0.2, 0.25) is 0 Å². The normalized spacial score (nSPS) is 22.6. The summed E-state index contributed by atoms with van der Waals surface area (Å²) in [6, 6.07) is 1.45. The average Bonchev–Trinajstić information content (AvgIpc) is 2.64. The average molecular weight is 240 g/mol. The number of hydrogen-bond donors (Lipinski definition) is 1. The molecule has 1 rings (SSSR count). The van der Waals surface area contributed by atoms with Crippen LogP contribution in [0.5, 0.6) is 0 Å². The fourth-order valence-electron chi connectivity index (χ4n) is 2.51. The summed E-state index contributed by atoms with van der Waals surface area (Å²) < 4.78 is 0. The summed E-state index contributed by atoms with van der Waals surface area (Å²) in [5.74, 6) is 0. The van der Waals surface area contributed by atoms with Crippen molar-refractivity contribution in [1.29, 1.82) is 0 Å². The van der Waals surface area contributed by atoms with Crippen molar-refractivity contribution >= 4 is 0 Å². The molecule has 1 atom stereocenters. The molecule has 17 heavy (non-hydrogen) atoms. The van der Waals surface area contributed by atoms with E-state index < -0.39 is 0 Å². The molecule has 0 aromatic heterocycles. The van der Waals surface area contributed by atoms with E-state index in [0.717, 1.165) is 6.04 Å². The van der Waals surface area contributed by atoms with Gasteiger partial charge < -0.3 is 5.32 Å². The second-order valence-electron chi connectivity index (χ2n) is 7.05. The van der Waals surface area contributed by atoms with Gasteiger partial charge in [-0.2, -0.15) is 0 Å². The van der Waals surface area contributed by atoms with Crippen LogP contribution in [-0.4, -0.2) is 36.6 Å². The van der Waals surface area contributed by atoms with Gasteiger partial charge in [-0.1, -0.05) is 27.2 Å². The first-order chi connectivity index (χ1) is 7.88. The van der Waals surface area contributed by atoms with Gasteiger partial charge in [-0.3, -0.25) is 4.90 Å². The van der Waals surface area contributed by atoms with Crippen LogP contribution in [0, 0.1) is 5.41 Å². The molecule has 1 N–H and O–H groups in total. The maximum Gasteiger partial charge on any atom is 0.0207 e. The zero-order valence-electron chi connectivity index (χ0n) is 12.6. The molecule has 0 saturated carbocycles. The van der Waals surface area contributed by atoms with E-state index in [1.807, 2.05) is 0 Å². The number of hydrogen-bond acceptors (Lipinski definition) is 2. The summed E-state index contributed by atoms with van der Waals surface area (Å²) in [7, 11) is 0. The first-order valence-corrected chi connectivity index (χ1v) is 7.36. The molecule has 0 aliphatic carbocycles. The van der Waals surface area contributed by atoms with E-state index in [-0.39, 0.29) is 0 Å². The van der Waals surface area contributed by atoms with Gasteiger partial charge in [0, 0.05) is 18.6 Å². The number of unbranched alkanes of at least 4 members (excludes halogenated alkanes) is 1. The molecule has 2 nitrogen and oxygen atoms in total. The third-order valence-corrected chi connectivity index (χ3v) is 3.74. The third kappa shape index (κ3) is 6.42. The first kappa shape index (κ1) is 15.0. The molecule has 0 amide bonds. The van der Waals surface area contributed by atoms with Crippen molar-refractivity contribution in [3.05, 3.63) is 0 Å². The first-order valence-electron chi connectivity index (χ1n) is 7.36. The molecule has 2 heteroatoms. The maximum absolute atomic E-state index is 3.71. The van der Waals surface area contributed by atoms with Gasteiger partial charge >= 0.3 is 0 Å². The molecule has 0 spiro atoms. The molecule has 0 radical (unpaired) electrons. The summed E-state index contributed by atoms with van der Waals surface area (Å²) in [6.45, 7) is 15.3. The van der Waals surface area contributed by atoms with Crippen molar-refractivity contribution in [2.45, 2.75) is 72.4 Å². The Labute approximate surface area is 108 Å². The van der Waals surface area contributed by atoms with Crippen molar-refractivity contribution in [2.75, 3.05) is 19.6 Å². The van der Waals surface area contributed by atoms with Gasteiger partial charge in [0.15, 0.2) is 0 Å². The second kappa shape index (κ2) is 6.75. The van der Waals surface area contributed by atoms with E-state index in [2.05, 4.69) is 44.8 Å². The van der Waals surface area contributed by atoms with Crippen LogP contribution in [0.4, 0.5) is 0 Å². The summed E-state index contributed by atoms with van der Waals surface area (Å²) in [4.78, 5) is 2.58. The van der Waals surface area contributed by atoms with Crippen molar-refractivity contribution in [3.63, 3.8) is 0 Å². The second-order valence-corrected chi connectivity index (χ2v) is 7.05. The van der Waals surface area contributed by atoms with E-state index in [0.29, 0.717) is 11.5 Å². The van der Waals surface area contributed by atoms with E-state index in [4.69, 9.17) is 0 Å². The predicted octanol–water partition coefficient (Wildman–Crippen LogP) is 3.28. The van der Waals surface area contributed by atoms with Gasteiger partial charge in [0.05, 0.1) is 0 Å². The smallest absolute Gasteiger partial charge is 0.0207 e. The Morgan fingerprint density at radius 3 is 2.47 bits per heavy atom. The van der Waals surface area contributed by atoms with Gasteiger partial charge in [0.1, 0.15) is 0 Å². The van der Waals surface area contributed by atoms with E-state index >= 15 is 0 Å². The van der Waals surface area contributed by atoms with E-state index in [1.165, 1.54) is 45.3 Å². The van der Waals surface area contributed by atoms with Crippen LogP contribution in [0.15, 0.2) is 0 Å². The third-order valence-electron chi connectivity index (χ3n) is 3.74. The highest BCUT2D eigenvalue weighted by molar-refractivity contribution is 4.82. The molecule has 0 bridgehead atoms. The molecule has 1 saturated heterocycles. The molecule has 1 unspecified atom stereocenters. The number of rotatable bonds is 6. The molecule has 0 aromatic carbocycles. The zero-order valence-corrected chi connectivity index (χ0v) is 12.6. The molecule has 1 heterocycles. The molecular weight excluding hydrogens is 208 g/mol. The predicted molar refractivity (Wildman–Crippen MR) is 76.4 cm³/mol. The van der Waals surface area contributed by atoms with Crippen molar-refractivity contribution in [1.82, 2.24) is 10.2 Å². The minimum atomic E-state index is 0.502. The van der Waals surface area contributed by atoms with E-state index in [1.54, 1.807) is 0 Å². The fourth-order valence-corrected chi connectivity index (χ4v) is 2.51. The molecule has 0 aromatic rings. The minimum absolute atomic E-state index is 0.502. The molecule has 102 valence electrons. The Kier molecular flexibility index (Phi) is 5.94. The molecule has 1 aliphatic heterocycles. The topological polar surface area (TPSA) is 15.3 Å². The lowest BCUT2D eigenvalue weighted by atomic mass is 9.90. The van der Waals surface area contributed by atoms with Gasteiger partial charge in [-0.05, 0) is 51.6 Å². The number of nitrogens with zero attached hydrogens (tertiary/aromatic N) is 1. The highest BCUT2D eigenvalue weighted by Crippen LogP contribution is 2.21. The Morgan fingerprint density at radius 2 is 1.94 bits per heavy atom. The zero-order chi connectivity index (χ0) is 12.9. The van der Waals surface area contributed by atoms with Crippen molar-refractivity contribution in [3.8, 4) is 0 Å². The lowest BCUT2D eigenvalue weighted by Gasteiger charge is -2.21. The lowest BCUT2D eigenvalue weighted by Crippen LogP contribution is -2.35. The van der Waals surface area contributed by atoms with Gasteiger partial charge in [0.25, 0.3) is 0 Å². The Bertz CT molecular complexity index is 205. The van der Waals surface area contributed by atoms with Crippen LogP contribution in [0.3, 0.4) is 0 Å². The van der Waals surface area contributed by atoms with Crippen molar-refractivity contribution < 1.29 is 0 Å². The van der Waals surface area contributed by atoms with Crippen LogP contribution >= 0.6 is 0 Å². The summed E-state index contributed by atoms with van der Waals surface area (Å²) in [6.07, 6.45) is 5.36.